The Morgan fingerprint density at radius 2 is 1.95 bits per heavy atom. The number of hydrogen-bond donors (Lipinski definition) is 1. The maximum Gasteiger partial charge on any atom is 0.293 e. The number of benzene rings is 2. The first-order valence-electron chi connectivity index (χ1n) is 6.74. The molecule has 106 valence electrons. The van der Waals surface area contributed by atoms with Crippen LogP contribution in [0.25, 0.3) is 0 Å². The standard InChI is InChI=1S/C16H14N2O3/c19-10-11-6-7-14(16(8-11)18(20)21)17-15-9-13(15)12-4-2-1-3-5-12/h1-8,10,13,15,17H,9H2. The predicted octanol–water partition coefficient (Wildman–Crippen LogP) is 3.38. The number of aldehydes is 1. The second-order valence-electron chi connectivity index (χ2n) is 5.16. The quantitative estimate of drug-likeness (QED) is 0.518. The van der Waals surface area contributed by atoms with E-state index in [1.165, 1.54) is 11.6 Å². The van der Waals surface area contributed by atoms with E-state index in [1.807, 2.05) is 18.2 Å². The second-order valence-corrected chi connectivity index (χ2v) is 5.16. The topological polar surface area (TPSA) is 72.2 Å². The molecule has 0 aliphatic heterocycles. The summed E-state index contributed by atoms with van der Waals surface area (Å²) in [4.78, 5) is 21.4. The Morgan fingerprint density at radius 3 is 2.62 bits per heavy atom. The van der Waals surface area contributed by atoms with Crippen molar-refractivity contribution in [2.75, 3.05) is 5.32 Å². The van der Waals surface area contributed by atoms with E-state index in [2.05, 4.69) is 17.4 Å². The Balaban J connectivity index is 1.77. The van der Waals surface area contributed by atoms with Gasteiger partial charge in [-0.2, -0.15) is 0 Å². The lowest BCUT2D eigenvalue weighted by Gasteiger charge is -2.07. The first-order valence-corrected chi connectivity index (χ1v) is 6.74. The van der Waals surface area contributed by atoms with Crippen molar-refractivity contribution < 1.29 is 9.72 Å². The van der Waals surface area contributed by atoms with E-state index in [0.29, 0.717) is 23.5 Å². The van der Waals surface area contributed by atoms with Crippen LogP contribution in [0.2, 0.25) is 0 Å². The molecule has 5 nitrogen and oxygen atoms in total. The van der Waals surface area contributed by atoms with Gasteiger partial charge in [-0.3, -0.25) is 14.9 Å². The molecule has 1 saturated carbocycles. The molecule has 2 unspecified atom stereocenters. The van der Waals surface area contributed by atoms with Crippen LogP contribution in [0.4, 0.5) is 11.4 Å². The van der Waals surface area contributed by atoms with Crippen molar-refractivity contribution in [1.82, 2.24) is 0 Å². The normalized spacial score (nSPS) is 19.8. The second kappa shape index (κ2) is 5.36. The Kier molecular flexibility index (Phi) is 3.39. The molecule has 1 aliphatic rings. The molecule has 0 heterocycles. The molecule has 1 aliphatic carbocycles. The Bertz CT molecular complexity index is 685. The van der Waals surface area contributed by atoms with Crippen molar-refractivity contribution in [3.8, 4) is 0 Å². The minimum atomic E-state index is -0.463. The fraction of sp³-hybridized carbons (Fsp3) is 0.188. The molecule has 0 spiro atoms. The summed E-state index contributed by atoms with van der Waals surface area (Å²) >= 11 is 0. The van der Waals surface area contributed by atoms with Crippen molar-refractivity contribution >= 4 is 17.7 Å². The van der Waals surface area contributed by atoms with E-state index >= 15 is 0 Å². The number of carbonyl (C=O) groups is 1. The van der Waals surface area contributed by atoms with E-state index in [4.69, 9.17) is 0 Å². The van der Waals surface area contributed by atoms with Gasteiger partial charge in [-0.1, -0.05) is 30.3 Å². The number of nitro benzene ring substituents is 1. The number of nitro groups is 1. The average Bonchev–Trinajstić information content (AvgIpc) is 3.27. The summed E-state index contributed by atoms with van der Waals surface area (Å²) < 4.78 is 0. The number of anilines is 1. The van der Waals surface area contributed by atoms with Crippen LogP contribution < -0.4 is 5.32 Å². The summed E-state index contributed by atoms with van der Waals surface area (Å²) in [5.74, 6) is 0.386. The van der Waals surface area contributed by atoms with Crippen molar-refractivity contribution in [2.45, 2.75) is 18.4 Å². The molecule has 21 heavy (non-hydrogen) atoms. The third-order valence-electron chi connectivity index (χ3n) is 3.71. The predicted molar refractivity (Wildman–Crippen MR) is 79.7 cm³/mol. The minimum absolute atomic E-state index is 0.0571. The first-order chi connectivity index (χ1) is 10.2. The van der Waals surface area contributed by atoms with Crippen LogP contribution >= 0.6 is 0 Å². The third kappa shape index (κ3) is 2.76. The molecule has 0 saturated heterocycles. The molecule has 2 aromatic carbocycles. The van der Waals surface area contributed by atoms with Gasteiger partial charge in [0, 0.05) is 23.6 Å². The summed E-state index contributed by atoms with van der Waals surface area (Å²) in [7, 11) is 0. The van der Waals surface area contributed by atoms with Crippen molar-refractivity contribution in [2.24, 2.45) is 0 Å². The lowest BCUT2D eigenvalue weighted by molar-refractivity contribution is -0.384. The van der Waals surface area contributed by atoms with E-state index in [-0.39, 0.29) is 11.7 Å². The van der Waals surface area contributed by atoms with Gasteiger partial charge >= 0.3 is 0 Å². The van der Waals surface area contributed by atoms with Crippen molar-refractivity contribution in [3.63, 3.8) is 0 Å². The minimum Gasteiger partial charge on any atom is -0.376 e. The van der Waals surface area contributed by atoms with E-state index in [1.54, 1.807) is 12.1 Å². The zero-order valence-electron chi connectivity index (χ0n) is 11.2. The summed E-state index contributed by atoms with van der Waals surface area (Å²) in [6.45, 7) is 0. The molecule has 0 aromatic heterocycles. The lowest BCUT2D eigenvalue weighted by Crippen LogP contribution is -2.07. The molecule has 0 bridgehead atoms. The van der Waals surface area contributed by atoms with Crippen LogP contribution in [0.3, 0.4) is 0 Å². The van der Waals surface area contributed by atoms with Crippen LogP contribution in [0, 0.1) is 10.1 Å². The monoisotopic (exact) mass is 282 g/mol. The van der Waals surface area contributed by atoms with E-state index in [0.717, 1.165) is 6.42 Å². The fourth-order valence-corrected chi connectivity index (χ4v) is 2.52. The van der Waals surface area contributed by atoms with Gasteiger partial charge in [-0.05, 0) is 24.1 Å². The zero-order chi connectivity index (χ0) is 14.8. The highest BCUT2D eigenvalue weighted by Crippen LogP contribution is 2.43. The molecule has 0 radical (unpaired) electrons. The van der Waals surface area contributed by atoms with Gasteiger partial charge in [0.1, 0.15) is 12.0 Å². The van der Waals surface area contributed by atoms with Crippen LogP contribution in [-0.4, -0.2) is 17.3 Å². The van der Waals surface area contributed by atoms with Crippen molar-refractivity contribution in [1.29, 1.82) is 0 Å². The zero-order valence-corrected chi connectivity index (χ0v) is 11.2. The number of carbonyl (C=O) groups excluding carboxylic acids is 1. The molecular formula is C16H14N2O3. The van der Waals surface area contributed by atoms with Gasteiger partial charge in [0.05, 0.1) is 4.92 Å². The van der Waals surface area contributed by atoms with Gasteiger partial charge in [0.2, 0.25) is 0 Å². The fourth-order valence-electron chi connectivity index (χ4n) is 2.52. The lowest BCUT2D eigenvalue weighted by atomic mass is 10.1. The SMILES string of the molecule is O=Cc1ccc(NC2CC2c2ccccc2)c([N+](=O)[O-])c1. The summed E-state index contributed by atoms with van der Waals surface area (Å²) in [6.07, 6.45) is 1.57. The molecule has 1 fully saturated rings. The summed E-state index contributed by atoms with van der Waals surface area (Å²) in [6, 6.07) is 14.8. The Morgan fingerprint density at radius 1 is 1.19 bits per heavy atom. The third-order valence-corrected chi connectivity index (χ3v) is 3.71. The summed E-state index contributed by atoms with van der Waals surface area (Å²) in [5, 5.41) is 14.3. The molecule has 2 atom stereocenters. The van der Waals surface area contributed by atoms with Gasteiger partial charge < -0.3 is 5.32 Å². The van der Waals surface area contributed by atoms with Crippen LogP contribution in [-0.2, 0) is 0 Å². The molecule has 1 N–H and O–H groups in total. The maximum atomic E-state index is 11.1. The van der Waals surface area contributed by atoms with Gasteiger partial charge in [0.25, 0.3) is 5.69 Å². The molecule has 0 amide bonds. The highest BCUT2D eigenvalue weighted by molar-refractivity contribution is 5.79. The number of rotatable bonds is 5. The maximum absolute atomic E-state index is 11.1. The highest BCUT2D eigenvalue weighted by Gasteiger charge is 2.39. The van der Waals surface area contributed by atoms with Crippen molar-refractivity contribution in [3.05, 3.63) is 69.8 Å². The van der Waals surface area contributed by atoms with Crippen LogP contribution in [0.15, 0.2) is 48.5 Å². The number of nitrogens with one attached hydrogen (secondary N) is 1. The Labute approximate surface area is 121 Å². The molecule has 2 aromatic rings. The van der Waals surface area contributed by atoms with Gasteiger partial charge in [-0.25, -0.2) is 0 Å². The van der Waals surface area contributed by atoms with Crippen LogP contribution in [0.1, 0.15) is 28.3 Å². The smallest absolute Gasteiger partial charge is 0.293 e. The number of nitrogens with zero attached hydrogens (tertiary/aromatic N) is 1. The average molecular weight is 282 g/mol. The van der Waals surface area contributed by atoms with E-state index < -0.39 is 4.92 Å². The van der Waals surface area contributed by atoms with Gasteiger partial charge in [-0.15, -0.1) is 0 Å². The number of hydrogen-bond acceptors (Lipinski definition) is 4. The molecule has 3 rings (SSSR count). The van der Waals surface area contributed by atoms with Gasteiger partial charge in [0.15, 0.2) is 0 Å². The highest BCUT2D eigenvalue weighted by atomic mass is 16.6. The molecule has 5 heteroatoms. The molecular weight excluding hydrogens is 268 g/mol. The largest absolute Gasteiger partial charge is 0.376 e. The first kappa shape index (κ1) is 13.3. The van der Waals surface area contributed by atoms with E-state index in [9.17, 15) is 14.9 Å². The van der Waals surface area contributed by atoms with Crippen LogP contribution in [0.5, 0.6) is 0 Å². The summed E-state index contributed by atoms with van der Waals surface area (Å²) in [5.41, 5.74) is 1.96. The Hall–Kier alpha value is -2.69.